The fourth-order valence-corrected chi connectivity index (χ4v) is 4.43. The molecule has 0 aliphatic heterocycles. The van der Waals surface area contributed by atoms with Crippen molar-refractivity contribution in [2.75, 3.05) is 6.61 Å². The second-order valence-corrected chi connectivity index (χ2v) is 8.00. The third-order valence-electron chi connectivity index (χ3n) is 5.75. The molecule has 0 amide bonds. The molecule has 0 saturated heterocycles. The van der Waals surface area contributed by atoms with Crippen LogP contribution in [-0.4, -0.2) is 22.7 Å². The normalized spacial score (nSPS) is 15.4. The van der Waals surface area contributed by atoms with Gasteiger partial charge in [-0.05, 0) is 60.6 Å². The standard InChI is InChI=1S/C24H24ClNO4.C2H6/c1-2-18(24(27)28)19-9-8-16-12-22(21(25)13-20(16)19)29-11-10-17-14-30-23(26-17)15-6-4-3-5-7-15;1-2/h3-7,12-14,18-19H,2,8-11H2,1H3,(H,27,28);1-2H3. The molecule has 170 valence electrons. The molecule has 2 aromatic carbocycles. The molecular formula is C26H30ClNO4. The summed E-state index contributed by atoms with van der Waals surface area (Å²) in [5, 5.41) is 10.0. The second kappa shape index (κ2) is 11.2. The van der Waals surface area contributed by atoms with E-state index in [4.69, 9.17) is 20.8 Å². The average molecular weight is 456 g/mol. The molecule has 5 nitrogen and oxygen atoms in total. The molecule has 0 bridgehead atoms. The number of carboxylic acids is 1. The van der Waals surface area contributed by atoms with Crippen LogP contribution in [0, 0.1) is 5.92 Å². The monoisotopic (exact) mass is 455 g/mol. The quantitative estimate of drug-likeness (QED) is 0.405. The summed E-state index contributed by atoms with van der Waals surface area (Å²) in [4.78, 5) is 16.1. The van der Waals surface area contributed by atoms with Crippen LogP contribution in [0.3, 0.4) is 0 Å². The van der Waals surface area contributed by atoms with Crippen LogP contribution < -0.4 is 4.74 Å². The van der Waals surface area contributed by atoms with Gasteiger partial charge in [-0.2, -0.15) is 0 Å². The summed E-state index contributed by atoms with van der Waals surface area (Å²) in [6, 6.07) is 13.6. The topological polar surface area (TPSA) is 72.6 Å². The largest absolute Gasteiger partial charge is 0.492 e. The van der Waals surface area contributed by atoms with Crippen LogP contribution in [0.1, 0.15) is 56.4 Å². The lowest BCUT2D eigenvalue weighted by atomic mass is 9.85. The van der Waals surface area contributed by atoms with Gasteiger partial charge in [-0.25, -0.2) is 4.98 Å². The van der Waals surface area contributed by atoms with E-state index in [2.05, 4.69) is 4.98 Å². The highest BCUT2D eigenvalue weighted by Gasteiger charge is 2.33. The van der Waals surface area contributed by atoms with Crippen LogP contribution in [0.25, 0.3) is 11.5 Å². The van der Waals surface area contributed by atoms with Gasteiger partial charge in [0.05, 0.1) is 23.2 Å². The van der Waals surface area contributed by atoms with Crippen molar-refractivity contribution in [2.45, 2.75) is 52.4 Å². The van der Waals surface area contributed by atoms with Crippen LogP contribution in [0.4, 0.5) is 0 Å². The number of halogens is 1. The van der Waals surface area contributed by atoms with E-state index in [1.165, 1.54) is 0 Å². The molecule has 1 N–H and O–H groups in total. The minimum atomic E-state index is -0.741. The highest BCUT2D eigenvalue weighted by atomic mass is 35.5. The molecule has 3 aromatic rings. The minimum absolute atomic E-state index is 0.0144. The molecule has 2 unspecified atom stereocenters. The summed E-state index contributed by atoms with van der Waals surface area (Å²) in [5.74, 6) is 0.122. The van der Waals surface area contributed by atoms with Crippen molar-refractivity contribution in [1.29, 1.82) is 0 Å². The first-order valence-electron chi connectivity index (χ1n) is 11.2. The van der Waals surface area contributed by atoms with Crippen molar-refractivity contribution in [2.24, 2.45) is 5.92 Å². The van der Waals surface area contributed by atoms with Crippen molar-refractivity contribution in [1.82, 2.24) is 4.98 Å². The van der Waals surface area contributed by atoms with Crippen LogP contribution in [0.5, 0.6) is 5.75 Å². The molecule has 2 atom stereocenters. The summed E-state index contributed by atoms with van der Waals surface area (Å²) in [6.45, 7) is 6.35. The van der Waals surface area contributed by atoms with E-state index in [-0.39, 0.29) is 11.8 Å². The number of oxazole rings is 1. The Morgan fingerprint density at radius 1 is 1.28 bits per heavy atom. The maximum absolute atomic E-state index is 11.6. The first-order chi connectivity index (χ1) is 15.6. The average Bonchev–Trinajstić information content (AvgIpc) is 3.44. The predicted octanol–water partition coefficient (Wildman–Crippen LogP) is 6.78. The van der Waals surface area contributed by atoms with Gasteiger partial charge in [-0.15, -0.1) is 0 Å². The zero-order chi connectivity index (χ0) is 23.1. The number of aromatic nitrogens is 1. The fourth-order valence-electron chi connectivity index (χ4n) is 4.20. The first-order valence-corrected chi connectivity index (χ1v) is 11.6. The third-order valence-corrected chi connectivity index (χ3v) is 6.04. The van der Waals surface area contributed by atoms with Gasteiger partial charge < -0.3 is 14.3 Å². The predicted molar refractivity (Wildman–Crippen MR) is 126 cm³/mol. The number of aliphatic carboxylic acids is 1. The lowest BCUT2D eigenvalue weighted by Crippen LogP contribution is -2.19. The molecule has 6 heteroatoms. The Bertz CT molecular complexity index is 1030. The summed E-state index contributed by atoms with van der Waals surface area (Å²) < 4.78 is 11.5. The highest BCUT2D eigenvalue weighted by molar-refractivity contribution is 6.32. The molecule has 1 aliphatic rings. The van der Waals surface area contributed by atoms with E-state index in [1.807, 2.05) is 63.2 Å². The van der Waals surface area contributed by atoms with E-state index in [0.717, 1.165) is 35.2 Å². The van der Waals surface area contributed by atoms with Crippen LogP contribution in [0.15, 0.2) is 53.1 Å². The van der Waals surface area contributed by atoms with Gasteiger partial charge in [0, 0.05) is 12.0 Å². The molecule has 1 heterocycles. The SMILES string of the molecule is CC.CCC(C(=O)O)C1CCc2cc(OCCc3coc(-c4ccccc4)n3)c(Cl)cc21. The number of carbonyl (C=O) groups is 1. The zero-order valence-corrected chi connectivity index (χ0v) is 19.6. The number of hydrogen-bond acceptors (Lipinski definition) is 4. The van der Waals surface area contributed by atoms with Crippen LogP contribution >= 0.6 is 11.6 Å². The molecule has 0 radical (unpaired) electrons. The molecule has 32 heavy (non-hydrogen) atoms. The van der Waals surface area contributed by atoms with Crippen molar-refractivity contribution in [3.63, 3.8) is 0 Å². The number of carboxylic acid groups (broad SMARTS) is 1. The number of nitrogens with zero attached hydrogens (tertiary/aromatic N) is 1. The minimum Gasteiger partial charge on any atom is -0.492 e. The van der Waals surface area contributed by atoms with E-state index in [1.54, 1.807) is 6.26 Å². The Balaban J connectivity index is 0.00000141. The third kappa shape index (κ3) is 5.33. The van der Waals surface area contributed by atoms with Crippen molar-refractivity contribution in [3.05, 3.63) is 70.6 Å². The summed E-state index contributed by atoms with van der Waals surface area (Å²) in [5.41, 5.74) is 3.93. The molecule has 4 rings (SSSR count). The number of ether oxygens (including phenoxy) is 1. The number of fused-ring (bicyclic) bond motifs is 1. The van der Waals surface area contributed by atoms with E-state index < -0.39 is 5.97 Å². The van der Waals surface area contributed by atoms with Crippen molar-refractivity contribution >= 4 is 17.6 Å². The Morgan fingerprint density at radius 2 is 2.03 bits per heavy atom. The lowest BCUT2D eigenvalue weighted by Gasteiger charge is -2.19. The Morgan fingerprint density at radius 3 is 2.72 bits per heavy atom. The number of hydrogen-bond donors (Lipinski definition) is 1. The van der Waals surface area contributed by atoms with Gasteiger partial charge in [0.25, 0.3) is 0 Å². The summed E-state index contributed by atoms with van der Waals surface area (Å²) in [6.07, 6.45) is 4.54. The smallest absolute Gasteiger partial charge is 0.307 e. The second-order valence-electron chi connectivity index (χ2n) is 7.59. The summed E-state index contributed by atoms with van der Waals surface area (Å²) in [7, 11) is 0. The molecular weight excluding hydrogens is 426 g/mol. The van der Waals surface area contributed by atoms with E-state index >= 15 is 0 Å². The molecule has 1 aromatic heterocycles. The molecule has 0 spiro atoms. The van der Waals surface area contributed by atoms with E-state index in [0.29, 0.717) is 36.1 Å². The number of aryl methyl sites for hydroxylation is 1. The maximum atomic E-state index is 11.6. The molecule has 0 fully saturated rings. The first kappa shape index (κ1) is 23.9. The van der Waals surface area contributed by atoms with Crippen molar-refractivity contribution < 1.29 is 19.1 Å². The summed E-state index contributed by atoms with van der Waals surface area (Å²) >= 11 is 6.46. The van der Waals surface area contributed by atoms with E-state index in [9.17, 15) is 9.90 Å². The number of rotatable bonds is 8. The fraction of sp³-hybridized carbons (Fsp3) is 0.385. The van der Waals surface area contributed by atoms with Crippen LogP contribution in [-0.2, 0) is 17.6 Å². The van der Waals surface area contributed by atoms with Crippen molar-refractivity contribution in [3.8, 4) is 17.2 Å². The number of benzene rings is 2. The van der Waals surface area contributed by atoms with Gasteiger partial charge in [0.1, 0.15) is 12.0 Å². The van der Waals surface area contributed by atoms with Gasteiger partial charge in [-0.3, -0.25) is 4.79 Å². The van der Waals surface area contributed by atoms with Crippen LogP contribution in [0.2, 0.25) is 5.02 Å². The van der Waals surface area contributed by atoms with Gasteiger partial charge in [-0.1, -0.05) is 50.6 Å². The van der Waals surface area contributed by atoms with Gasteiger partial charge in [0.15, 0.2) is 0 Å². The van der Waals surface area contributed by atoms with Gasteiger partial charge >= 0.3 is 5.97 Å². The molecule has 0 saturated carbocycles. The Hall–Kier alpha value is -2.79. The zero-order valence-electron chi connectivity index (χ0n) is 18.8. The molecule has 1 aliphatic carbocycles. The van der Waals surface area contributed by atoms with Gasteiger partial charge in [0.2, 0.25) is 5.89 Å². The lowest BCUT2D eigenvalue weighted by molar-refractivity contribution is -0.142. The Kier molecular flexibility index (Phi) is 8.34. The maximum Gasteiger partial charge on any atom is 0.307 e. The highest BCUT2D eigenvalue weighted by Crippen LogP contribution is 2.43. The Labute approximate surface area is 194 Å².